The number of aromatic nitrogens is 4. The van der Waals surface area contributed by atoms with Crippen molar-refractivity contribution in [1.82, 2.24) is 19.7 Å². The molecular formula is C10H14N6S. The van der Waals surface area contributed by atoms with Gasteiger partial charge in [0.05, 0.1) is 0 Å². The minimum absolute atomic E-state index is 0.403. The van der Waals surface area contributed by atoms with Crippen LogP contribution in [0.2, 0.25) is 0 Å². The largest absolute Gasteiger partial charge is 0.383 e. The molecule has 0 saturated heterocycles. The zero-order valence-electron chi connectivity index (χ0n) is 9.50. The first-order valence-electron chi connectivity index (χ1n) is 5.15. The van der Waals surface area contributed by atoms with Gasteiger partial charge in [-0.1, -0.05) is 11.8 Å². The van der Waals surface area contributed by atoms with Gasteiger partial charge in [-0.05, 0) is 12.5 Å². The van der Waals surface area contributed by atoms with Crippen LogP contribution < -0.4 is 11.5 Å². The van der Waals surface area contributed by atoms with Crippen LogP contribution in [0.5, 0.6) is 0 Å². The summed E-state index contributed by atoms with van der Waals surface area (Å²) in [5, 5.41) is 4.72. The average molecular weight is 250 g/mol. The van der Waals surface area contributed by atoms with Gasteiger partial charge in [-0.25, -0.2) is 9.97 Å². The van der Waals surface area contributed by atoms with E-state index in [9.17, 15) is 0 Å². The van der Waals surface area contributed by atoms with Crippen LogP contribution in [0.3, 0.4) is 0 Å². The number of thioether (sulfide) groups is 1. The van der Waals surface area contributed by atoms with E-state index in [4.69, 9.17) is 11.5 Å². The van der Waals surface area contributed by atoms with Crippen LogP contribution in [0, 0.1) is 0 Å². The average Bonchev–Trinajstić information content (AvgIpc) is 2.63. The molecule has 6 nitrogen and oxygen atoms in total. The normalized spacial score (nSPS) is 10.6. The Balaban J connectivity index is 1.92. The van der Waals surface area contributed by atoms with Gasteiger partial charge in [0.25, 0.3) is 0 Å². The van der Waals surface area contributed by atoms with Crippen LogP contribution in [0.15, 0.2) is 23.5 Å². The van der Waals surface area contributed by atoms with Crippen LogP contribution >= 0.6 is 11.8 Å². The van der Waals surface area contributed by atoms with Crippen LogP contribution in [0.1, 0.15) is 5.69 Å². The van der Waals surface area contributed by atoms with Crippen molar-refractivity contribution in [2.45, 2.75) is 11.6 Å². The predicted octanol–water partition coefficient (Wildman–Crippen LogP) is 0.709. The van der Waals surface area contributed by atoms with E-state index in [1.807, 2.05) is 17.8 Å². The van der Waals surface area contributed by atoms with E-state index in [2.05, 4.69) is 15.1 Å². The summed E-state index contributed by atoms with van der Waals surface area (Å²) in [4.78, 5) is 8.20. The van der Waals surface area contributed by atoms with Crippen molar-refractivity contribution in [3.05, 3.63) is 24.0 Å². The summed E-state index contributed by atoms with van der Waals surface area (Å²) in [6.07, 6.45) is 2.69. The molecule has 2 aromatic heterocycles. The van der Waals surface area contributed by atoms with Crippen molar-refractivity contribution in [2.24, 2.45) is 7.05 Å². The van der Waals surface area contributed by atoms with Gasteiger partial charge in [0.1, 0.15) is 11.6 Å². The molecular weight excluding hydrogens is 236 g/mol. The number of nitrogens with zero attached hydrogens (tertiary/aromatic N) is 4. The summed E-state index contributed by atoms with van der Waals surface area (Å²) >= 11 is 1.53. The molecule has 0 aliphatic carbocycles. The van der Waals surface area contributed by atoms with E-state index in [0.29, 0.717) is 16.8 Å². The van der Waals surface area contributed by atoms with E-state index >= 15 is 0 Å². The first-order chi connectivity index (χ1) is 8.15. The Labute approximate surface area is 103 Å². The lowest BCUT2D eigenvalue weighted by atomic mass is 10.3. The van der Waals surface area contributed by atoms with E-state index in [0.717, 1.165) is 12.2 Å². The van der Waals surface area contributed by atoms with Crippen LogP contribution in [0.4, 0.5) is 11.6 Å². The van der Waals surface area contributed by atoms with Crippen molar-refractivity contribution in [2.75, 3.05) is 17.2 Å². The lowest BCUT2D eigenvalue weighted by Gasteiger charge is -2.03. The van der Waals surface area contributed by atoms with Crippen LogP contribution in [-0.4, -0.2) is 25.5 Å². The third-order valence-electron chi connectivity index (χ3n) is 2.26. The van der Waals surface area contributed by atoms with Crippen molar-refractivity contribution < 1.29 is 0 Å². The zero-order valence-corrected chi connectivity index (χ0v) is 10.3. The Morgan fingerprint density at radius 3 is 2.59 bits per heavy atom. The Hall–Kier alpha value is -1.76. The molecule has 0 saturated carbocycles. The molecule has 0 radical (unpaired) electrons. The number of nitrogen functional groups attached to an aromatic ring is 2. The number of nitrogens with two attached hydrogens (primary N) is 2. The Morgan fingerprint density at radius 1 is 1.29 bits per heavy atom. The molecule has 0 amide bonds. The number of hydrogen-bond acceptors (Lipinski definition) is 6. The molecule has 2 rings (SSSR count). The maximum atomic E-state index is 5.59. The summed E-state index contributed by atoms with van der Waals surface area (Å²) < 4.78 is 1.86. The lowest BCUT2D eigenvalue weighted by Crippen LogP contribution is -2.02. The van der Waals surface area contributed by atoms with E-state index < -0.39 is 0 Å². The van der Waals surface area contributed by atoms with Crippen molar-refractivity contribution >= 4 is 23.4 Å². The summed E-state index contributed by atoms with van der Waals surface area (Å²) in [6, 6.07) is 3.54. The summed E-state index contributed by atoms with van der Waals surface area (Å²) in [7, 11) is 1.93. The van der Waals surface area contributed by atoms with Crippen LogP contribution in [0.25, 0.3) is 0 Å². The molecule has 90 valence electrons. The SMILES string of the molecule is Cn1nccc1CCSc1nc(N)cc(N)n1. The second-order valence-corrected chi connectivity index (χ2v) is 4.61. The molecule has 0 aromatic carbocycles. The topological polar surface area (TPSA) is 95.6 Å². The number of rotatable bonds is 4. The maximum Gasteiger partial charge on any atom is 0.191 e. The fourth-order valence-electron chi connectivity index (χ4n) is 1.42. The standard InChI is InChI=1S/C10H14N6S/c1-16-7(2-4-13-16)3-5-17-10-14-8(11)6-9(12)15-10/h2,4,6H,3,5H2,1H3,(H4,11,12,14,15). The highest BCUT2D eigenvalue weighted by Gasteiger charge is 2.03. The predicted molar refractivity (Wildman–Crippen MR) is 68.5 cm³/mol. The minimum Gasteiger partial charge on any atom is -0.383 e. The molecule has 2 heterocycles. The second-order valence-electron chi connectivity index (χ2n) is 3.54. The molecule has 0 aliphatic heterocycles. The smallest absolute Gasteiger partial charge is 0.191 e. The lowest BCUT2D eigenvalue weighted by molar-refractivity contribution is 0.719. The fraction of sp³-hybridized carbons (Fsp3) is 0.300. The molecule has 7 heteroatoms. The van der Waals surface area contributed by atoms with Crippen molar-refractivity contribution in [1.29, 1.82) is 0 Å². The molecule has 0 spiro atoms. The highest BCUT2D eigenvalue weighted by molar-refractivity contribution is 7.99. The third-order valence-corrected chi connectivity index (χ3v) is 3.11. The van der Waals surface area contributed by atoms with Gasteiger partial charge in [-0.2, -0.15) is 5.10 Å². The first kappa shape index (κ1) is 11.7. The molecule has 0 unspecified atom stereocenters. The molecule has 0 bridgehead atoms. The van der Waals surface area contributed by atoms with Gasteiger partial charge in [0.15, 0.2) is 5.16 Å². The number of aryl methyl sites for hydroxylation is 2. The Bertz CT molecular complexity index is 489. The Morgan fingerprint density at radius 2 is 2.00 bits per heavy atom. The summed E-state index contributed by atoms with van der Waals surface area (Å²) in [5.41, 5.74) is 12.4. The molecule has 0 aliphatic rings. The highest BCUT2D eigenvalue weighted by Crippen LogP contribution is 2.17. The van der Waals surface area contributed by atoms with Crippen molar-refractivity contribution in [3.63, 3.8) is 0 Å². The van der Waals surface area contributed by atoms with E-state index in [-0.39, 0.29) is 0 Å². The van der Waals surface area contributed by atoms with E-state index in [1.165, 1.54) is 17.5 Å². The van der Waals surface area contributed by atoms with Gasteiger partial charge in [0, 0.05) is 30.8 Å². The monoisotopic (exact) mass is 250 g/mol. The number of anilines is 2. The molecule has 0 fully saturated rings. The first-order valence-corrected chi connectivity index (χ1v) is 6.13. The minimum atomic E-state index is 0.403. The van der Waals surface area contributed by atoms with E-state index in [1.54, 1.807) is 12.3 Å². The number of hydrogen-bond donors (Lipinski definition) is 2. The quantitative estimate of drug-likeness (QED) is 0.613. The second kappa shape index (κ2) is 5.05. The summed E-state index contributed by atoms with van der Waals surface area (Å²) in [6.45, 7) is 0. The third kappa shape index (κ3) is 3.10. The molecule has 4 N–H and O–H groups in total. The Kier molecular flexibility index (Phi) is 3.48. The highest BCUT2D eigenvalue weighted by atomic mass is 32.2. The van der Waals surface area contributed by atoms with Gasteiger partial charge in [0.2, 0.25) is 0 Å². The van der Waals surface area contributed by atoms with Gasteiger partial charge < -0.3 is 11.5 Å². The van der Waals surface area contributed by atoms with Gasteiger partial charge in [-0.15, -0.1) is 0 Å². The molecule has 0 atom stereocenters. The van der Waals surface area contributed by atoms with Crippen molar-refractivity contribution in [3.8, 4) is 0 Å². The molecule has 17 heavy (non-hydrogen) atoms. The fourth-order valence-corrected chi connectivity index (χ4v) is 2.25. The maximum absolute atomic E-state index is 5.59. The van der Waals surface area contributed by atoms with Crippen LogP contribution in [-0.2, 0) is 13.5 Å². The zero-order chi connectivity index (χ0) is 12.3. The van der Waals surface area contributed by atoms with Gasteiger partial charge in [-0.3, -0.25) is 4.68 Å². The van der Waals surface area contributed by atoms with Gasteiger partial charge >= 0.3 is 0 Å². The molecule has 2 aromatic rings. The summed E-state index contributed by atoms with van der Waals surface area (Å²) in [5.74, 6) is 1.67.